The summed E-state index contributed by atoms with van der Waals surface area (Å²) in [4.78, 5) is 26.9. The second-order valence-electron chi connectivity index (χ2n) is 5.31. The van der Waals surface area contributed by atoms with Gasteiger partial charge in [0.2, 0.25) is 0 Å². The van der Waals surface area contributed by atoms with Gasteiger partial charge in [0, 0.05) is 11.1 Å². The van der Waals surface area contributed by atoms with Gasteiger partial charge in [0.1, 0.15) is 0 Å². The first-order chi connectivity index (χ1) is 10.1. The average Bonchev–Trinajstić information content (AvgIpc) is 2.85. The highest BCUT2D eigenvalue weighted by Crippen LogP contribution is 2.37. The average molecular weight is 286 g/mol. The number of hydrogen-bond donors (Lipinski definition) is 2. The molecule has 0 saturated heterocycles. The summed E-state index contributed by atoms with van der Waals surface area (Å²) in [5, 5.41) is 0.982. The molecule has 1 atom stereocenters. The number of rotatable bonds is 3. The highest BCUT2D eigenvalue weighted by molar-refractivity contribution is 6.06. The number of esters is 1. The molecule has 21 heavy (non-hydrogen) atoms. The lowest BCUT2D eigenvalue weighted by Crippen LogP contribution is -2.20. The number of para-hydroxylation sites is 1. The molecule has 0 aliphatic heterocycles. The minimum atomic E-state index is -0.466. The lowest BCUT2D eigenvalue weighted by Gasteiger charge is -2.20. The summed E-state index contributed by atoms with van der Waals surface area (Å²) in [5.41, 5.74) is 8.61. The molecule has 0 spiro atoms. The third-order valence-corrected chi connectivity index (χ3v) is 4.08. The van der Waals surface area contributed by atoms with E-state index in [0.717, 1.165) is 41.4 Å². The molecule has 0 saturated carbocycles. The van der Waals surface area contributed by atoms with Crippen molar-refractivity contribution in [2.24, 2.45) is 5.73 Å². The van der Waals surface area contributed by atoms with Gasteiger partial charge < -0.3 is 15.5 Å². The van der Waals surface area contributed by atoms with Crippen LogP contribution in [0.25, 0.3) is 10.9 Å². The molecule has 0 unspecified atom stereocenters. The number of primary amides is 1. The summed E-state index contributed by atoms with van der Waals surface area (Å²) >= 11 is 0. The Bertz CT molecular complexity index is 718. The van der Waals surface area contributed by atoms with Gasteiger partial charge >= 0.3 is 5.97 Å². The number of H-pyrrole nitrogens is 1. The van der Waals surface area contributed by atoms with Crippen LogP contribution in [0.4, 0.5) is 0 Å². The van der Waals surface area contributed by atoms with Crippen molar-refractivity contribution in [3.8, 4) is 0 Å². The number of nitrogens with one attached hydrogen (secondary N) is 1. The quantitative estimate of drug-likeness (QED) is 0.849. The van der Waals surface area contributed by atoms with E-state index in [9.17, 15) is 9.59 Å². The van der Waals surface area contributed by atoms with E-state index >= 15 is 0 Å². The first-order valence-corrected chi connectivity index (χ1v) is 7.23. The van der Waals surface area contributed by atoms with E-state index in [0.29, 0.717) is 12.2 Å². The van der Waals surface area contributed by atoms with E-state index in [-0.39, 0.29) is 11.9 Å². The number of nitrogens with two attached hydrogens (primary N) is 1. The Morgan fingerprint density at radius 2 is 2.24 bits per heavy atom. The number of ether oxygens (including phenoxy) is 1. The minimum Gasteiger partial charge on any atom is -0.465 e. The number of amides is 1. The van der Waals surface area contributed by atoms with Crippen LogP contribution in [0.3, 0.4) is 0 Å². The topological polar surface area (TPSA) is 85.2 Å². The van der Waals surface area contributed by atoms with Crippen molar-refractivity contribution in [3.05, 3.63) is 35.0 Å². The number of fused-ring (bicyclic) bond motifs is 3. The fourth-order valence-electron chi connectivity index (χ4n) is 3.17. The molecule has 1 aromatic carbocycles. The highest BCUT2D eigenvalue weighted by Gasteiger charge is 2.31. The molecular formula is C16H18N2O3. The van der Waals surface area contributed by atoms with Gasteiger partial charge in [0.15, 0.2) is 0 Å². The normalized spacial score (nSPS) is 17.5. The van der Waals surface area contributed by atoms with Crippen LogP contribution >= 0.6 is 0 Å². The predicted octanol–water partition coefficient (Wildman–Crippen LogP) is 2.25. The van der Waals surface area contributed by atoms with Gasteiger partial charge in [-0.15, -0.1) is 0 Å². The molecule has 5 heteroatoms. The van der Waals surface area contributed by atoms with Crippen molar-refractivity contribution >= 4 is 22.8 Å². The maximum Gasteiger partial charge on any atom is 0.314 e. The first-order valence-electron chi connectivity index (χ1n) is 7.23. The number of carbonyl (C=O) groups is 2. The van der Waals surface area contributed by atoms with Crippen molar-refractivity contribution in [3.63, 3.8) is 0 Å². The summed E-state index contributed by atoms with van der Waals surface area (Å²) in [5.74, 6) is -0.945. The summed E-state index contributed by atoms with van der Waals surface area (Å²) in [6.45, 7) is 2.18. The van der Waals surface area contributed by atoms with Crippen molar-refractivity contribution in [2.75, 3.05) is 6.61 Å². The lowest BCUT2D eigenvalue weighted by molar-refractivity contribution is -0.145. The highest BCUT2D eigenvalue weighted by atomic mass is 16.5. The molecule has 1 aliphatic carbocycles. The molecule has 1 heterocycles. The molecule has 3 rings (SSSR count). The number of hydrogen-bond acceptors (Lipinski definition) is 3. The first kappa shape index (κ1) is 13.7. The molecule has 0 fully saturated rings. The summed E-state index contributed by atoms with van der Waals surface area (Å²) < 4.78 is 5.16. The Labute approximate surface area is 122 Å². The van der Waals surface area contributed by atoms with E-state index in [1.54, 1.807) is 13.0 Å². The van der Waals surface area contributed by atoms with E-state index in [1.165, 1.54) is 0 Å². The van der Waals surface area contributed by atoms with E-state index in [1.807, 2.05) is 12.1 Å². The third kappa shape index (κ3) is 2.18. The van der Waals surface area contributed by atoms with Crippen LogP contribution in [0.15, 0.2) is 18.2 Å². The smallest absolute Gasteiger partial charge is 0.314 e. The van der Waals surface area contributed by atoms with Crippen LogP contribution in [0.1, 0.15) is 47.3 Å². The predicted molar refractivity (Wildman–Crippen MR) is 79.1 cm³/mol. The fraction of sp³-hybridized carbons (Fsp3) is 0.375. The van der Waals surface area contributed by atoms with Gasteiger partial charge in [-0.25, -0.2) is 0 Å². The molecule has 0 bridgehead atoms. The van der Waals surface area contributed by atoms with E-state index in [4.69, 9.17) is 10.5 Å². The second-order valence-corrected chi connectivity index (χ2v) is 5.31. The van der Waals surface area contributed by atoms with Crippen LogP contribution in [0, 0.1) is 0 Å². The summed E-state index contributed by atoms with van der Waals surface area (Å²) in [6, 6.07) is 5.49. The Hall–Kier alpha value is -2.30. The SMILES string of the molecule is CCOC(=O)[C@H]1CCCc2c1[nH]c1c(C(N)=O)cccc21. The zero-order valence-electron chi connectivity index (χ0n) is 11.9. The molecule has 5 nitrogen and oxygen atoms in total. The number of aromatic nitrogens is 1. The largest absolute Gasteiger partial charge is 0.465 e. The van der Waals surface area contributed by atoms with E-state index < -0.39 is 5.91 Å². The Morgan fingerprint density at radius 1 is 1.43 bits per heavy atom. The molecule has 1 aromatic heterocycles. The monoisotopic (exact) mass is 286 g/mol. The number of aromatic amines is 1. The maximum absolute atomic E-state index is 12.1. The van der Waals surface area contributed by atoms with Gasteiger partial charge in [-0.2, -0.15) is 0 Å². The molecular weight excluding hydrogens is 268 g/mol. The van der Waals surface area contributed by atoms with Gasteiger partial charge in [-0.1, -0.05) is 12.1 Å². The van der Waals surface area contributed by atoms with Gasteiger partial charge in [-0.05, 0) is 37.8 Å². The molecule has 1 amide bonds. The van der Waals surface area contributed by atoms with Crippen molar-refractivity contribution in [1.29, 1.82) is 0 Å². The van der Waals surface area contributed by atoms with Crippen molar-refractivity contribution in [1.82, 2.24) is 4.98 Å². The van der Waals surface area contributed by atoms with Crippen LogP contribution in [0.2, 0.25) is 0 Å². The fourth-order valence-corrected chi connectivity index (χ4v) is 3.17. The summed E-state index contributed by atoms with van der Waals surface area (Å²) in [7, 11) is 0. The van der Waals surface area contributed by atoms with Crippen LogP contribution in [-0.4, -0.2) is 23.5 Å². The van der Waals surface area contributed by atoms with Crippen LogP contribution in [-0.2, 0) is 16.0 Å². The minimum absolute atomic E-state index is 0.203. The number of benzene rings is 1. The molecule has 1 aliphatic rings. The maximum atomic E-state index is 12.1. The molecule has 110 valence electrons. The number of aryl methyl sites for hydroxylation is 1. The summed E-state index contributed by atoms with van der Waals surface area (Å²) in [6.07, 6.45) is 2.60. The Kier molecular flexibility index (Phi) is 3.41. The van der Waals surface area contributed by atoms with Crippen molar-refractivity contribution < 1.29 is 14.3 Å². The molecule has 3 N–H and O–H groups in total. The van der Waals surface area contributed by atoms with Gasteiger partial charge in [0.25, 0.3) is 5.91 Å². The zero-order chi connectivity index (χ0) is 15.0. The number of carbonyl (C=O) groups excluding carboxylic acids is 2. The standard InChI is InChI=1S/C16H18N2O3/c1-2-21-16(20)12-8-4-6-10-9-5-3-7-11(15(17)19)13(9)18-14(10)12/h3,5,7,12,18H,2,4,6,8H2,1H3,(H2,17,19)/t12-/m0/s1. The Balaban J connectivity index is 2.16. The third-order valence-electron chi connectivity index (χ3n) is 4.08. The lowest BCUT2D eigenvalue weighted by atomic mass is 9.86. The van der Waals surface area contributed by atoms with Crippen LogP contribution < -0.4 is 5.73 Å². The molecule has 0 radical (unpaired) electrons. The van der Waals surface area contributed by atoms with Gasteiger partial charge in [-0.3, -0.25) is 9.59 Å². The van der Waals surface area contributed by atoms with Gasteiger partial charge in [0.05, 0.1) is 23.6 Å². The molecule has 2 aromatic rings. The van der Waals surface area contributed by atoms with E-state index in [2.05, 4.69) is 4.98 Å². The zero-order valence-corrected chi connectivity index (χ0v) is 11.9. The van der Waals surface area contributed by atoms with Crippen molar-refractivity contribution in [2.45, 2.75) is 32.1 Å². The Morgan fingerprint density at radius 3 is 2.95 bits per heavy atom. The second kappa shape index (κ2) is 5.24. The van der Waals surface area contributed by atoms with Crippen LogP contribution in [0.5, 0.6) is 0 Å².